The average Bonchev–Trinajstić information content (AvgIpc) is 3.30. The number of hydrogen-bond donors (Lipinski definition) is 1. The Morgan fingerprint density at radius 3 is 2.60 bits per heavy atom. The summed E-state index contributed by atoms with van der Waals surface area (Å²) in [5.74, 6) is 1.42. The van der Waals surface area contributed by atoms with Crippen LogP contribution in [0, 0.1) is 20.8 Å². The summed E-state index contributed by atoms with van der Waals surface area (Å²) in [5.41, 5.74) is 7.65. The number of nitrogens with one attached hydrogen (secondary N) is 1. The first-order chi connectivity index (χ1) is 14.5. The van der Waals surface area contributed by atoms with E-state index in [2.05, 4.69) is 49.7 Å². The molecule has 156 valence electrons. The van der Waals surface area contributed by atoms with Gasteiger partial charge in [-0.25, -0.2) is 0 Å². The number of rotatable bonds is 6. The van der Waals surface area contributed by atoms with Gasteiger partial charge < -0.3 is 19.4 Å². The highest BCUT2D eigenvalue weighted by molar-refractivity contribution is 5.95. The second-order valence-corrected chi connectivity index (χ2v) is 7.77. The van der Waals surface area contributed by atoms with E-state index in [4.69, 9.17) is 9.47 Å². The van der Waals surface area contributed by atoms with Crippen molar-refractivity contribution in [3.8, 4) is 11.5 Å². The summed E-state index contributed by atoms with van der Waals surface area (Å²) in [6, 6.07) is 14.1. The van der Waals surface area contributed by atoms with Crippen LogP contribution in [0.25, 0.3) is 0 Å². The van der Waals surface area contributed by atoms with Gasteiger partial charge in [-0.1, -0.05) is 37.3 Å². The zero-order chi connectivity index (χ0) is 21.3. The quantitative estimate of drug-likeness (QED) is 0.649. The van der Waals surface area contributed by atoms with E-state index in [1.54, 1.807) is 0 Å². The van der Waals surface area contributed by atoms with Gasteiger partial charge in [-0.3, -0.25) is 4.79 Å². The van der Waals surface area contributed by atoms with E-state index in [9.17, 15) is 4.79 Å². The molecule has 0 radical (unpaired) electrons. The van der Waals surface area contributed by atoms with Gasteiger partial charge in [0.25, 0.3) is 5.91 Å². The maximum atomic E-state index is 13.3. The minimum Gasteiger partial charge on any atom is -0.454 e. The third-order valence-corrected chi connectivity index (χ3v) is 5.97. The first-order valence-electron chi connectivity index (χ1n) is 10.4. The number of hydrogen-bond acceptors (Lipinski definition) is 3. The number of carbonyl (C=O) groups excluding carboxylic acids is 1. The topological polar surface area (TPSA) is 52.5 Å². The van der Waals surface area contributed by atoms with Crippen molar-refractivity contribution >= 4 is 5.91 Å². The summed E-state index contributed by atoms with van der Waals surface area (Å²) >= 11 is 0. The molecule has 1 aliphatic heterocycles. The fourth-order valence-electron chi connectivity index (χ4n) is 4.23. The van der Waals surface area contributed by atoms with Gasteiger partial charge in [0.15, 0.2) is 11.5 Å². The second kappa shape index (κ2) is 8.27. The van der Waals surface area contributed by atoms with Crippen LogP contribution < -0.4 is 14.8 Å². The monoisotopic (exact) mass is 404 g/mol. The lowest BCUT2D eigenvalue weighted by molar-refractivity contribution is 0.0941. The first-order valence-corrected chi connectivity index (χ1v) is 10.4. The standard InChI is InChI=1S/C25H28N2O3/c1-5-21-17(3)24(27(18(21)4)14-20-9-7-6-8-16(20)2)25(28)26-13-19-10-11-22-23(12-19)30-15-29-22/h6-12H,5,13-15H2,1-4H3,(H,26,28). The van der Waals surface area contributed by atoms with Crippen molar-refractivity contribution in [1.29, 1.82) is 0 Å². The second-order valence-electron chi connectivity index (χ2n) is 7.77. The Hall–Kier alpha value is -3.21. The third kappa shape index (κ3) is 3.67. The highest BCUT2D eigenvalue weighted by Crippen LogP contribution is 2.32. The molecule has 3 aromatic rings. The molecule has 1 aliphatic rings. The van der Waals surface area contributed by atoms with Crippen molar-refractivity contribution in [3.63, 3.8) is 0 Å². The predicted octanol–water partition coefficient (Wildman–Crippen LogP) is 4.68. The number of ether oxygens (including phenoxy) is 2. The fraction of sp³-hybridized carbons (Fsp3) is 0.320. The van der Waals surface area contributed by atoms with Gasteiger partial charge in [-0.05, 0) is 67.1 Å². The summed E-state index contributed by atoms with van der Waals surface area (Å²) < 4.78 is 13.0. The molecule has 1 amide bonds. The molecule has 0 fully saturated rings. The molecule has 0 bridgehead atoms. The normalized spacial score (nSPS) is 12.3. The van der Waals surface area contributed by atoms with Gasteiger partial charge in [-0.2, -0.15) is 0 Å². The molecule has 4 rings (SSSR count). The fourth-order valence-corrected chi connectivity index (χ4v) is 4.23. The Morgan fingerprint density at radius 1 is 1.07 bits per heavy atom. The number of amides is 1. The molecule has 5 nitrogen and oxygen atoms in total. The van der Waals surface area contributed by atoms with Gasteiger partial charge in [0.05, 0.1) is 0 Å². The molecular weight excluding hydrogens is 376 g/mol. The Kier molecular flexibility index (Phi) is 5.53. The molecule has 2 heterocycles. The molecule has 0 saturated heterocycles. The lowest BCUT2D eigenvalue weighted by Gasteiger charge is -2.14. The highest BCUT2D eigenvalue weighted by atomic mass is 16.7. The van der Waals surface area contributed by atoms with Crippen LogP contribution in [0.4, 0.5) is 0 Å². The molecule has 1 aromatic heterocycles. The van der Waals surface area contributed by atoms with Crippen LogP contribution in [0.5, 0.6) is 11.5 Å². The number of carbonyl (C=O) groups is 1. The van der Waals surface area contributed by atoms with Crippen LogP contribution in [-0.2, 0) is 19.5 Å². The third-order valence-electron chi connectivity index (χ3n) is 5.97. The van der Waals surface area contributed by atoms with E-state index in [1.165, 1.54) is 16.7 Å². The van der Waals surface area contributed by atoms with Gasteiger partial charge in [0.1, 0.15) is 5.69 Å². The lowest BCUT2D eigenvalue weighted by Crippen LogP contribution is -2.26. The van der Waals surface area contributed by atoms with Crippen molar-refractivity contribution in [2.75, 3.05) is 6.79 Å². The molecule has 0 unspecified atom stereocenters. The van der Waals surface area contributed by atoms with Gasteiger partial charge in [0.2, 0.25) is 6.79 Å². The van der Waals surface area contributed by atoms with Crippen molar-refractivity contribution in [3.05, 3.63) is 81.7 Å². The molecule has 0 spiro atoms. The molecule has 30 heavy (non-hydrogen) atoms. The van der Waals surface area contributed by atoms with Crippen LogP contribution in [-0.4, -0.2) is 17.3 Å². The molecular formula is C25H28N2O3. The van der Waals surface area contributed by atoms with Crippen LogP contribution in [0.1, 0.15) is 50.9 Å². The molecule has 5 heteroatoms. The Bertz CT molecular complexity index is 1100. The SMILES string of the molecule is CCc1c(C)c(C(=O)NCc2ccc3c(c2)OCO3)n(Cc2ccccc2C)c1C. The van der Waals surface area contributed by atoms with Crippen molar-refractivity contribution in [2.24, 2.45) is 0 Å². The zero-order valence-corrected chi connectivity index (χ0v) is 18.0. The minimum absolute atomic E-state index is 0.0541. The number of aryl methyl sites for hydroxylation is 1. The Labute approximate surface area is 177 Å². The van der Waals surface area contributed by atoms with E-state index in [1.807, 2.05) is 30.3 Å². The van der Waals surface area contributed by atoms with Crippen LogP contribution in [0.3, 0.4) is 0 Å². The van der Waals surface area contributed by atoms with Gasteiger partial charge >= 0.3 is 0 Å². The summed E-state index contributed by atoms with van der Waals surface area (Å²) in [7, 11) is 0. The molecule has 1 N–H and O–H groups in total. The number of fused-ring (bicyclic) bond motifs is 1. The maximum Gasteiger partial charge on any atom is 0.268 e. The van der Waals surface area contributed by atoms with Crippen LogP contribution in [0.15, 0.2) is 42.5 Å². The number of benzene rings is 2. The largest absolute Gasteiger partial charge is 0.454 e. The minimum atomic E-state index is -0.0541. The Morgan fingerprint density at radius 2 is 1.83 bits per heavy atom. The number of nitrogens with zero attached hydrogens (tertiary/aromatic N) is 1. The van der Waals surface area contributed by atoms with Crippen molar-refractivity contribution < 1.29 is 14.3 Å². The summed E-state index contributed by atoms with van der Waals surface area (Å²) in [5, 5.41) is 3.10. The zero-order valence-electron chi connectivity index (χ0n) is 18.0. The lowest BCUT2D eigenvalue weighted by atomic mass is 10.1. The number of aromatic nitrogens is 1. The van der Waals surface area contributed by atoms with E-state index in [-0.39, 0.29) is 12.7 Å². The van der Waals surface area contributed by atoms with E-state index in [0.29, 0.717) is 13.1 Å². The average molecular weight is 405 g/mol. The summed E-state index contributed by atoms with van der Waals surface area (Å²) in [6.07, 6.45) is 0.904. The summed E-state index contributed by atoms with van der Waals surface area (Å²) in [4.78, 5) is 13.3. The highest BCUT2D eigenvalue weighted by Gasteiger charge is 2.22. The Balaban J connectivity index is 1.60. The molecule has 2 aromatic carbocycles. The van der Waals surface area contributed by atoms with Crippen LogP contribution in [0.2, 0.25) is 0 Å². The molecule has 0 aliphatic carbocycles. The first kappa shape index (κ1) is 20.1. The van der Waals surface area contributed by atoms with E-state index in [0.717, 1.165) is 40.4 Å². The van der Waals surface area contributed by atoms with Gasteiger partial charge in [0, 0.05) is 18.8 Å². The van der Waals surface area contributed by atoms with Crippen molar-refractivity contribution in [1.82, 2.24) is 9.88 Å². The van der Waals surface area contributed by atoms with Crippen LogP contribution >= 0.6 is 0 Å². The molecule has 0 atom stereocenters. The summed E-state index contributed by atoms with van der Waals surface area (Å²) in [6.45, 7) is 9.78. The molecule has 0 saturated carbocycles. The van der Waals surface area contributed by atoms with E-state index >= 15 is 0 Å². The maximum absolute atomic E-state index is 13.3. The predicted molar refractivity (Wildman–Crippen MR) is 117 cm³/mol. The smallest absolute Gasteiger partial charge is 0.268 e. The van der Waals surface area contributed by atoms with Gasteiger partial charge in [-0.15, -0.1) is 0 Å². The van der Waals surface area contributed by atoms with E-state index < -0.39 is 0 Å². The van der Waals surface area contributed by atoms with Crippen molar-refractivity contribution in [2.45, 2.75) is 47.2 Å².